The Kier molecular flexibility index (Phi) is 30.1. The van der Waals surface area contributed by atoms with Crippen LogP contribution in [0.1, 0.15) is 167 Å². The van der Waals surface area contributed by atoms with Gasteiger partial charge < -0.3 is 43.6 Å². The molecule has 18 nitrogen and oxygen atoms in total. The number of ketones is 2. The molecule has 0 unspecified atom stereocenters. The first-order valence-corrected chi connectivity index (χ1v) is 25.1. The lowest BCUT2D eigenvalue weighted by molar-refractivity contribution is -0.140. The molecular weight excluding hydrogens is 871 g/mol. The highest BCUT2D eigenvalue weighted by Gasteiger charge is 2.35. The molecule has 1 aromatic rings. The molecule has 1 saturated heterocycles. The summed E-state index contributed by atoms with van der Waals surface area (Å²) in [6, 6.07) is 3.62. The summed E-state index contributed by atoms with van der Waals surface area (Å²) in [6.07, 6.45) is 17.6. The number of benzene rings is 1. The summed E-state index contributed by atoms with van der Waals surface area (Å²) in [4.78, 5) is 104. The Bertz CT molecular complexity index is 1770. The molecule has 5 atom stereocenters. The molecule has 0 bridgehead atoms. The number of carbonyl (C=O) groups excluding carboxylic acids is 8. The topological polar surface area (TPSA) is 291 Å². The minimum Gasteiger partial charge on any atom is -0.508 e. The number of Topliss-reactive ketones (excluding diaryl/α,β-unsaturated/α-hetero) is 2. The SMILES string of the molecule is [C-]#[N+][C@@H]1CCCN1C(=O)[C@@H](N)CCC(=O)NCCCCCCCCCC(=O)NCCCCCCCCCC(=O)NCCCC[C@H](CC(=O)[C@@H](C)NC(=O)[C@@H](N)Cc1ccc(O)cc1)C(=O)C(N)=O. The van der Waals surface area contributed by atoms with Crippen LogP contribution in [0.15, 0.2) is 24.3 Å². The smallest absolute Gasteiger partial charge is 0.300 e. The van der Waals surface area contributed by atoms with Gasteiger partial charge in [0.15, 0.2) is 5.78 Å². The number of carbonyl (C=O) groups is 8. The molecule has 0 aliphatic carbocycles. The fourth-order valence-electron chi connectivity index (χ4n) is 8.14. The molecule has 1 heterocycles. The number of likely N-dealkylation sites (tertiary alicyclic amines) is 1. The van der Waals surface area contributed by atoms with Crippen molar-refractivity contribution in [1.29, 1.82) is 0 Å². The van der Waals surface area contributed by atoms with Crippen LogP contribution in [-0.2, 0) is 44.8 Å². The second kappa shape index (κ2) is 34.8. The predicted molar refractivity (Wildman–Crippen MR) is 260 cm³/mol. The lowest BCUT2D eigenvalue weighted by Gasteiger charge is -2.20. The molecule has 1 fully saturated rings. The summed E-state index contributed by atoms with van der Waals surface area (Å²) in [7, 11) is 0. The number of hydrogen-bond acceptors (Lipinski definition) is 11. The Labute approximate surface area is 403 Å². The van der Waals surface area contributed by atoms with Gasteiger partial charge in [0.2, 0.25) is 35.3 Å². The van der Waals surface area contributed by atoms with Crippen molar-refractivity contribution in [3.63, 3.8) is 0 Å². The van der Waals surface area contributed by atoms with E-state index in [-0.39, 0.29) is 61.5 Å². The predicted octanol–water partition coefficient (Wildman–Crippen LogP) is 4.13. The summed E-state index contributed by atoms with van der Waals surface area (Å²) in [5.41, 5.74) is 18.0. The molecule has 18 heteroatoms. The second-order valence-electron chi connectivity index (χ2n) is 18.2. The minimum absolute atomic E-state index is 0.0507. The fourth-order valence-corrected chi connectivity index (χ4v) is 8.14. The van der Waals surface area contributed by atoms with Crippen molar-refractivity contribution >= 4 is 47.0 Å². The molecule has 68 heavy (non-hydrogen) atoms. The van der Waals surface area contributed by atoms with Gasteiger partial charge in [0.25, 0.3) is 5.91 Å². The zero-order valence-corrected chi connectivity index (χ0v) is 40.5. The molecule has 11 N–H and O–H groups in total. The number of rotatable bonds is 38. The van der Waals surface area contributed by atoms with E-state index in [1.165, 1.54) is 24.0 Å². The van der Waals surface area contributed by atoms with Crippen molar-refractivity contribution in [1.82, 2.24) is 26.2 Å². The van der Waals surface area contributed by atoms with Crippen molar-refractivity contribution in [2.75, 3.05) is 26.2 Å². The molecule has 2 rings (SSSR count). The zero-order valence-electron chi connectivity index (χ0n) is 40.5. The van der Waals surface area contributed by atoms with Gasteiger partial charge in [-0.2, -0.15) is 0 Å². The van der Waals surface area contributed by atoms with Crippen LogP contribution in [0.4, 0.5) is 0 Å². The van der Waals surface area contributed by atoms with Crippen LogP contribution in [0.5, 0.6) is 5.75 Å². The van der Waals surface area contributed by atoms with E-state index in [1.807, 2.05) is 0 Å². The van der Waals surface area contributed by atoms with Gasteiger partial charge in [0.05, 0.1) is 18.1 Å². The molecule has 0 saturated carbocycles. The molecular formula is C50H81N9O9. The van der Waals surface area contributed by atoms with Gasteiger partial charge in [-0.05, 0) is 82.4 Å². The number of primary amides is 1. The Balaban J connectivity index is 1.39. The summed E-state index contributed by atoms with van der Waals surface area (Å²) in [5.74, 6) is -4.11. The third-order valence-corrected chi connectivity index (χ3v) is 12.4. The number of amides is 6. The highest BCUT2D eigenvalue weighted by Crippen LogP contribution is 2.20. The number of aromatic hydroxyl groups is 1. The van der Waals surface area contributed by atoms with Crippen LogP contribution in [0.2, 0.25) is 0 Å². The normalized spacial score (nSPS) is 15.0. The van der Waals surface area contributed by atoms with Gasteiger partial charge in [-0.3, -0.25) is 48.1 Å². The number of nitrogens with one attached hydrogen (secondary N) is 4. The summed E-state index contributed by atoms with van der Waals surface area (Å²) in [5, 5.41) is 20.8. The first kappa shape index (κ1) is 58.7. The third-order valence-electron chi connectivity index (χ3n) is 12.4. The van der Waals surface area contributed by atoms with Gasteiger partial charge in [-0.15, -0.1) is 0 Å². The van der Waals surface area contributed by atoms with Crippen molar-refractivity contribution in [3.8, 4) is 5.75 Å². The van der Waals surface area contributed by atoms with Crippen LogP contribution in [-0.4, -0.2) is 107 Å². The molecule has 1 aliphatic heterocycles. The van der Waals surface area contributed by atoms with Crippen LogP contribution >= 0.6 is 0 Å². The quantitative estimate of drug-likeness (QED) is 0.0265. The third kappa shape index (κ3) is 25.6. The van der Waals surface area contributed by atoms with Gasteiger partial charge in [0.1, 0.15) is 5.75 Å². The molecule has 380 valence electrons. The second-order valence-corrected chi connectivity index (χ2v) is 18.2. The number of hydrogen-bond donors (Lipinski definition) is 8. The van der Waals surface area contributed by atoms with Gasteiger partial charge in [0, 0.05) is 64.2 Å². The van der Waals surface area contributed by atoms with Crippen molar-refractivity contribution < 1.29 is 43.5 Å². The van der Waals surface area contributed by atoms with E-state index in [9.17, 15) is 43.5 Å². The molecule has 6 amide bonds. The highest BCUT2D eigenvalue weighted by atomic mass is 16.3. The standard InChI is InChI=1S/C50H81N9O9/c1-36(58-49(67)41(52)34-37-24-26-39(60)27-25-37)42(61)35-38(47(65)48(53)66)20-15-18-32-56-45(63)23-14-10-5-3-7-11-16-30-55-44(62)22-13-9-6-4-8-12-17-31-57-46(64)29-28-40(51)50(68)59-33-19-21-43(59)54-2/h24-27,36,38,40-41,43,60H,3-23,28-35,51-52H2,1H3,(H2,53,66)(H,55,62)(H,56,63)(H,57,64)(H,58,67)/t36-,38-,40+,41+,43+/m1/s1. The van der Waals surface area contributed by atoms with E-state index in [2.05, 4.69) is 26.1 Å². The zero-order chi connectivity index (χ0) is 50.1. The monoisotopic (exact) mass is 952 g/mol. The maximum absolute atomic E-state index is 12.9. The largest absolute Gasteiger partial charge is 0.508 e. The van der Waals surface area contributed by atoms with Crippen LogP contribution in [0.3, 0.4) is 0 Å². The number of phenols is 1. The maximum atomic E-state index is 12.9. The Hall–Kier alpha value is -5.41. The Morgan fingerprint density at radius 3 is 1.69 bits per heavy atom. The van der Waals surface area contributed by atoms with Crippen LogP contribution in [0, 0.1) is 12.5 Å². The number of unbranched alkanes of at least 4 members (excludes halogenated alkanes) is 13. The molecule has 1 aliphatic rings. The van der Waals surface area contributed by atoms with Gasteiger partial charge in [-0.1, -0.05) is 82.8 Å². The first-order chi connectivity index (χ1) is 32.6. The molecule has 0 aromatic heterocycles. The number of phenolic OH excluding ortho intramolecular Hbond substituents is 1. The van der Waals surface area contributed by atoms with E-state index < -0.39 is 53.6 Å². The van der Waals surface area contributed by atoms with Crippen molar-refractivity contribution in [2.24, 2.45) is 23.1 Å². The Morgan fingerprint density at radius 2 is 1.18 bits per heavy atom. The summed E-state index contributed by atoms with van der Waals surface area (Å²) in [6.45, 7) is 10.9. The number of nitrogens with zero attached hydrogens (tertiary/aromatic N) is 2. The van der Waals surface area contributed by atoms with E-state index in [0.29, 0.717) is 58.3 Å². The van der Waals surface area contributed by atoms with Crippen LogP contribution < -0.4 is 38.5 Å². The average Bonchev–Trinajstić information content (AvgIpc) is 3.80. The van der Waals surface area contributed by atoms with Gasteiger partial charge in [-0.25, -0.2) is 6.57 Å². The fraction of sp³-hybridized carbons (Fsp3) is 0.700. The van der Waals surface area contributed by atoms with E-state index in [0.717, 1.165) is 102 Å². The number of nitrogens with two attached hydrogens (primary N) is 3. The van der Waals surface area contributed by atoms with Gasteiger partial charge >= 0.3 is 6.17 Å². The maximum Gasteiger partial charge on any atom is 0.300 e. The minimum atomic E-state index is -1.13. The van der Waals surface area contributed by atoms with Crippen molar-refractivity contribution in [3.05, 3.63) is 41.2 Å². The molecule has 0 spiro atoms. The summed E-state index contributed by atoms with van der Waals surface area (Å²) < 4.78 is 0. The Morgan fingerprint density at radius 1 is 0.691 bits per heavy atom. The lowest BCUT2D eigenvalue weighted by Crippen LogP contribution is -2.48. The van der Waals surface area contributed by atoms with Crippen LogP contribution in [0.25, 0.3) is 4.85 Å². The molecule has 1 aromatic carbocycles. The van der Waals surface area contributed by atoms with E-state index >= 15 is 0 Å². The highest BCUT2D eigenvalue weighted by molar-refractivity contribution is 6.36. The average molecular weight is 952 g/mol. The summed E-state index contributed by atoms with van der Waals surface area (Å²) >= 11 is 0. The first-order valence-electron chi connectivity index (χ1n) is 25.1. The molecule has 0 radical (unpaired) electrons. The van der Waals surface area contributed by atoms with Crippen molar-refractivity contribution in [2.45, 2.75) is 192 Å². The van der Waals surface area contributed by atoms with E-state index in [1.54, 1.807) is 12.1 Å². The van der Waals surface area contributed by atoms with E-state index in [4.69, 9.17) is 23.8 Å². The lowest BCUT2D eigenvalue weighted by atomic mass is 9.90.